The number of benzene rings is 1. The number of aryl methyl sites for hydroxylation is 2. The normalized spacial score (nSPS) is 10.6. The van der Waals surface area contributed by atoms with Gasteiger partial charge in [-0.05, 0) is 25.5 Å². The van der Waals surface area contributed by atoms with Gasteiger partial charge in [-0.25, -0.2) is 9.78 Å². The molecule has 0 fully saturated rings. The molecule has 0 atom stereocenters. The quantitative estimate of drug-likeness (QED) is 0.715. The first kappa shape index (κ1) is 20.7. The van der Waals surface area contributed by atoms with E-state index in [4.69, 9.17) is 27.2 Å². The smallest absolute Gasteiger partial charge is 0.475 e. The second-order valence-electron chi connectivity index (χ2n) is 4.66. The number of para-hydroxylation sites is 1. The molecule has 2 rings (SSSR count). The number of aromatic nitrogens is 1. The van der Waals surface area contributed by atoms with Crippen LogP contribution in [0.25, 0.3) is 0 Å². The highest BCUT2D eigenvalue weighted by Gasteiger charge is 2.38. The number of aliphatic carboxylic acids is 1. The van der Waals surface area contributed by atoms with E-state index < -0.39 is 12.1 Å². The van der Waals surface area contributed by atoms with E-state index in [1.54, 1.807) is 13.0 Å². The molecule has 4 N–H and O–H groups in total. The van der Waals surface area contributed by atoms with Crippen molar-refractivity contribution in [3.05, 3.63) is 39.4 Å². The minimum Gasteiger partial charge on any atom is -0.475 e. The van der Waals surface area contributed by atoms with Crippen LogP contribution in [0.4, 0.5) is 24.0 Å². The molecule has 0 saturated heterocycles. The molecule has 0 aliphatic rings. The predicted octanol–water partition coefficient (Wildman–Crippen LogP) is 3.88. The molecule has 11 heteroatoms. The number of carbonyl (C=O) groups excluding carboxylic acids is 1. The van der Waals surface area contributed by atoms with E-state index in [0.717, 1.165) is 16.9 Å². The summed E-state index contributed by atoms with van der Waals surface area (Å²) in [7, 11) is 0. The van der Waals surface area contributed by atoms with Crippen molar-refractivity contribution in [2.24, 2.45) is 0 Å². The van der Waals surface area contributed by atoms with Crippen LogP contribution in [0.1, 0.15) is 20.9 Å². The summed E-state index contributed by atoms with van der Waals surface area (Å²) in [4.78, 5) is 25.5. The van der Waals surface area contributed by atoms with Crippen LogP contribution < -0.4 is 11.1 Å². The third kappa shape index (κ3) is 5.91. The number of hydrogen-bond acceptors (Lipinski definition) is 5. The number of alkyl halides is 3. The number of halogens is 4. The first-order valence-corrected chi connectivity index (χ1v) is 7.72. The molecule has 0 unspecified atom stereocenters. The van der Waals surface area contributed by atoms with E-state index in [1.807, 2.05) is 19.1 Å². The number of thiazole rings is 1. The summed E-state index contributed by atoms with van der Waals surface area (Å²) < 4.78 is 31.7. The molecule has 1 amide bonds. The Kier molecular flexibility index (Phi) is 6.77. The van der Waals surface area contributed by atoms with Gasteiger partial charge in [-0.2, -0.15) is 13.2 Å². The number of nitrogen functional groups attached to an aromatic ring is 1. The molecule has 1 heterocycles. The zero-order valence-electron chi connectivity index (χ0n) is 12.9. The monoisotopic (exact) mass is 395 g/mol. The molecule has 1 aromatic heterocycles. The average molecular weight is 396 g/mol. The van der Waals surface area contributed by atoms with Crippen molar-refractivity contribution >= 4 is 45.6 Å². The fourth-order valence-corrected chi connectivity index (χ4v) is 2.59. The number of nitrogens with two attached hydrogens (primary N) is 1. The van der Waals surface area contributed by atoms with Crippen molar-refractivity contribution in [2.75, 3.05) is 11.1 Å². The molecule has 2 aromatic rings. The summed E-state index contributed by atoms with van der Waals surface area (Å²) in [6, 6.07) is 5.46. The van der Waals surface area contributed by atoms with Gasteiger partial charge in [-0.3, -0.25) is 4.79 Å². The van der Waals surface area contributed by atoms with Gasteiger partial charge < -0.3 is 16.2 Å². The maximum atomic E-state index is 12.1. The molecule has 0 saturated carbocycles. The molecule has 6 nitrogen and oxygen atoms in total. The highest BCUT2D eigenvalue weighted by atomic mass is 35.5. The lowest BCUT2D eigenvalue weighted by Crippen LogP contribution is -2.21. The summed E-state index contributed by atoms with van der Waals surface area (Å²) in [5.74, 6) is -2.99. The highest BCUT2D eigenvalue weighted by Crippen LogP contribution is 2.27. The molecular formula is C14H13ClF3N3O3S. The first-order chi connectivity index (χ1) is 11.4. The number of nitrogens with zero attached hydrogens (tertiary/aromatic N) is 1. The zero-order valence-corrected chi connectivity index (χ0v) is 14.5. The second-order valence-corrected chi connectivity index (χ2v) is 6.09. The van der Waals surface area contributed by atoms with E-state index in [0.29, 0.717) is 26.4 Å². The Morgan fingerprint density at radius 1 is 1.32 bits per heavy atom. The van der Waals surface area contributed by atoms with E-state index in [2.05, 4.69) is 10.3 Å². The van der Waals surface area contributed by atoms with Crippen molar-refractivity contribution in [1.82, 2.24) is 4.98 Å². The Balaban J connectivity index is 0.000000381. The van der Waals surface area contributed by atoms with Gasteiger partial charge in [0.05, 0.1) is 16.4 Å². The van der Waals surface area contributed by atoms with Crippen molar-refractivity contribution < 1.29 is 27.9 Å². The lowest BCUT2D eigenvalue weighted by molar-refractivity contribution is -0.192. The molecule has 25 heavy (non-hydrogen) atoms. The number of amides is 1. The fraction of sp³-hybridized carbons (Fsp3) is 0.214. The Morgan fingerprint density at radius 3 is 2.28 bits per heavy atom. The number of anilines is 2. The van der Waals surface area contributed by atoms with Crippen molar-refractivity contribution in [3.63, 3.8) is 0 Å². The molecule has 0 aliphatic carbocycles. The first-order valence-electron chi connectivity index (χ1n) is 6.53. The molecule has 0 spiro atoms. The van der Waals surface area contributed by atoms with Crippen LogP contribution in [0.15, 0.2) is 18.2 Å². The minimum absolute atomic E-state index is 0.238. The van der Waals surface area contributed by atoms with E-state index in [9.17, 15) is 18.0 Å². The van der Waals surface area contributed by atoms with Gasteiger partial charge in [0.25, 0.3) is 5.91 Å². The van der Waals surface area contributed by atoms with Gasteiger partial charge in [0.2, 0.25) is 0 Å². The van der Waals surface area contributed by atoms with Crippen LogP contribution in [-0.2, 0) is 4.79 Å². The highest BCUT2D eigenvalue weighted by molar-refractivity contribution is 7.17. The summed E-state index contributed by atoms with van der Waals surface area (Å²) in [6.07, 6.45) is -5.08. The number of hydrogen-bond donors (Lipinski definition) is 3. The number of nitrogens with one attached hydrogen (secondary N) is 1. The topological polar surface area (TPSA) is 105 Å². The predicted molar refractivity (Wildman–Crippen MR) is 89.1 cm³/mol. The van der Waals surface area contributed by atoms with E-state index >= 15 is 0 Å². The summed E-state index contributed by atoms with van der Waals surface area (Å²) >= 11 is 7.22. The molecular weight excluding hydrogens is 383 g/mol. The number of carboxylic acid groups (broad SMARTS) is 1. The van der Waals surface area contributed by atoms with Crippen molar-refractivity contribution in [3.8, 4) is 0 Å². The molecule has 1 aromatic carbocycles. The fourth-order valence-electron chi connectivity index (χ4n) is 1.59. The van der Waals surface area contributed by atoms with Gasteiger partial charge >= 0.3 is 12.1 Å². The number of rotatable bonds is 2. The van der Waals surface area contributed by atoms with Gasteiger partial charge in [-0.1, -0.05) is 35.1 Å². The summed E-state index contributed by atoms with van der Waals surface area (Å²) in [5, 5.41) is 10.8. The second kappa shape index (κ2) is 8.17. The minimum atomic E-state index is -5.08. The van der Waals surface area contributed by atoms with Crippen LogP contribution >= 0.6 is 22.9 Å². The molecule has 0 bridgehead atoms. The third-order valence-electron chi connectivity index (χ3n) is 2.72. The van der Waals surface area contributed by atoms with Crippen LogP contribution in [0.3, 0.4) is 0 Å². The Labute approximate surface area is 149 Å². The van der Waals surface area contributed by atoms with E-state index in [-0.39, 0.29) is 5.91 Å². The number of carbonyl (C=O) groups is 2. The van der Waals surface area contributed by atoms with Gasteiger partial charge in [0.15, 0.2) is 5.13 Å². The Hall–Kier alpha value is -2.33. The lowest BCUT2D eigenvalue weighted by Gasteiger charge is -2.09. The van der Waals surface area contributed by atoms with Crippen LogP contribution in [0.5, 0.6) is 0 Å². The SMILES string of the molecule is Cc1cccc(Cl)c1NC(=O)c1sc(N)nc1C.O=C(O)C(F)(F)F. The van der Waals surface area contributed by atoms with Crippen LogP contribution in [-0.4, -0.2) is 28.1 Å². The van der Waals surface area contributed by atoms with Gasteiger partial charge in [0.1, 0.15) is 4.88 Å². The standard InChI is InChI=1S/C12H12ClN3OS.C2HF3O2/c1-6-4-3-5-8(13)9(6)16-11(17)10-7(2)15-12(14)18-10;3-2(4,5)1(6)7/h3-5H,1-2H3,(H2,14,15)(H,16,17);(H,6,7). The maximum Gasteiger partial charge on any atom is 0.490 e. The van der Waals surface area contributed by atoms with Crippen molar-refractivity contribution in [1.29, 1.82) is 0 Å². The largest absolute Gasteiger partial charge is 0.490 e. The summed E-state index contributed by atoms with van der Waals surface area (Å²) in [6.45, 7) is 3.64. The summed E-state index contributed by atoms with van der Waals surface area (Å²) in [5.41, 5.74) is 7.73. The zero-order chi connectivity index (χ0) is 19.4. The number of carboxylic acids is 1. The molecule has 0 radical (unpaired) electrons. The molecule has 136 valence electrons. The van der Waals surface area contributed by atoms with Crippen molar-refractivity contribution in [2.45, 2.75) is 20.0 Å². The van der Waals surface area contributed by atoms with Gasteiger partial charge in [0, 0.05) is 0 Å². The Bertz CT molecular complexity index is 773. The van der Waals surface area contributed by atoms with Gasteiger partial charge in [-0.15, -0.1) is 0 Å². The Morgan fingerprint density at radius 2 is 1.88 bits per heavy atom. The van der Waals surface area contributed by atoms with Crippen LogP contribution in [0.2, 0.25) is 5.02 Å². The molecule has 0 aliphatic heterocycles. The van der Waals surface area contributed by atoms with E-state index in [1.165, 1.54) is 0 Å². The third-order valence-corrected chi connectivity index (χ3v) is 4.02. The van der Waals surface area contributed by atoms with Crippen LogP contribution in [0, 0.1) is 13.8 Å². The maximum absolute atomic E-state index is 12.1. The average Bonchev–Trinajstić information content (AvgIpc) is 2.81. The lowest BCUT2D eigenvalue weighted by atomic mass is 10.2.